The van der Waals surface area contributed by atoms with E-state index in [1.165, 1.54) is 0 Å². The summed E-state index contributed by atoms with van der Waals surface area (Å²) in [4.78, 5) is 1.10. The van der Waals surface area contributed by atoms with Crippen LogP contribution in [-0.4, -0.2) is 0 Å². The van der Waals surface area contributed by atoms with E-state index in [1.54, 1.807) is 29.5 Å². The first kappa shape index (κ1) is 9.69. The molecule has 72 valence electrons. The van der Waals surface area contributed by atoms with Gasteiger partial charge in [-0.05, 0) is 30.0 Å². The molecule has 0 aliphatic heterocycles. The van der Waals surface area contributed by atoms with Crippen LogP contribution in [-0.2, 0) is 0 Å². The van der Waals surface area contributed by atoms with Crippen LogP contribution in [0.4, 0.5) is 4.39 Å². The molecule has 0 N–H and O–H groups in total. The van der Waals surface area contributed by atoms with Gasteiger partial charge >= 0.3 is 0 Å². The van der Waals surface area contributed by atoms with Gasteiger partial charge < -0.3 is 0 Å². The molecule has 1 aromatic heterocycles. The van der Waals surface area contributed by atoms with E-state index in [4.69, 9.17) is 11.6 Å². The Labute approximate surface area is 91.0 Å². The van der Waals surface area contributed by atoms with Crippen molar-refractivity contribution in [1.29, 1.82) is 0 Å². The summed E-state index contributed by atoms with van der Waals surface area (Å²) in [7, 11) is 0. The third-order valence-electron chi connectivity index (χ3n) is 2.10. The molecule has 0 saturated heterocycles. The Kier molecular flexibility index (Phi) is 2.57. The molecule has 14 heavy (non-hydrogen) atoms. The summed E-state index contributed by atoms with van der Waals surface area (Å²) in [6.07, 6.45) is 0. The van der Waals surface area contributed by atoms with E-state index < -0.39 is 0 Å². The SMILES string of the molecule is Cc1sccc1-c1cccc(Cl)c1F. The highest BCUT2D eigenvalue weighted by molar-refractivity contribution is 7.10. The molecule has 2 aromatic rings. The van der Waals surface area contributed by atoms with E-state index in [1.807, 2.05) is 18.4 Å². The third kappa shape index (κ3) is 1.56. The van der Waals surface area contributed by atoms with Gasteiger partial charge in [0.25, 0.3) is 0 Å². The first-order valence-electron chi connectivity index (χ1n) is 4.18. The molecule has 0 aliphatic carbocycles. The zero-order valence-electron chi connectivity index (χ0n) is 7.55. The van der Waals surface area contributed by atoms with Crippen LogP contribution in [0.5, 0.6) is 0 Å². The van der Waals surface area contributed by atoms with Crippen molar-refractivity contribution in [3.05, 3.63) is 45.4 Å². The number of hydrogen-bond donors (Lipinski definition) is 0. The van der Waals surface area contributed by atoms with Crippen LogP contribution in [0.15, 0.2) is 29.6 Å². The second kappa shape index (κ2) is 3.71. The molecule has 0 radical (unpaired) electrons. The average Bonchev–Trinajstić information content (AvgIpc) is 2.57. The second-order valence-corrected chi connectivity index (χ2v) is 4.52. The first-order chi connectivity index (χ1) is 6.70. The predicted octanol–water partition coefficient (Wildman–Crippen LogP) is 4.52. The van der Waals surface area contributed by atoms with E-state index in [2.05, 4.69) is 0 Å². The number of aryl methyl sites for hydroxylation is 1. The zero-order chi connectivity index (χ0) is 10.1. The van der Waals surface area contributed by atoms with Gasteiger partial charge in [-0.25, -0.2) is 4.39 Å². The molecule has 1 heterocycles. The lowest BCUT2D eigenvalue weighted by Crippen LogP contribution is -1.84. The van der Waals surface area contributed by atoms with Crippen molar-refractivity contribution in [2.75, 3.05) is 0 Å². The number of thiophene rings is 1. The van der Waals surface area contributed by atoms with E-state index >= 15 is 0 Å². The van der Waals surface area contributed by atoms with Gasteiger partial charge in [0, 0.05) is 10.4 Å². The second-order valence-electron chi connectivity index (χ2n) is 2.99. The van der Waals surface area contributed by atoms with Crippen molar-refractivity contribution < 1.29 is 4.39 Å². The summed E-state index contributed by atoms with van der Waals surface area (Å²) in [5.41, 5.74) is 1.51. The summed E-state index contributed by atoms with van der Waals surface area (Å²) >= 11 is 7.32. The zero-order valence-corrected chi connectivity index (χ0v) is 9.12. The van der Waals surface area contributed by atoms with Crippen LogP contribution in [0.2, 0.25) is 5.02 Å². The van der Waals surface area contributed by atoms with Crippen LogP contribution < -0.4 is 0 Å². The Hall–Kier alpha value is -0.860. The summed E-state index contributed by atoms with van der Waals surface area (Å²) in [5.74, 6) is -0.337. The Morgan fingerprint density at radius 2 is 2.00 bits per heavy atom. The maximum absolute atomic E-state index is 13.6. The smallest absolute Gasteiger partial charge is 0.149 e. The minimum atomic E-state index is -0.337. The highest BCUT2D eigenvalue weighted by Gasteiger charge is 2.10. The lowest BCUT2D eigenvalue weighted by atomic mass is 10.1. The molecule has 0 aliphatic rings. The average molecular weight is 227 g/mol. The molecular weight excluding hydrogens is 219 g/mol. The summed E-state index contributed by atoms with van der Waals surface area (Å²) in [6.45, 7) is 1.97. The van der Waals surface area contributed by atoms with Crippen LogP contribution in [0, 0.1) is 12.7 Å². The lowest BCUT2D eigenvalue weighted by Gasteiger charge is -2.03. The molecule has 0 unspecified atom stereocenters. The molecule has 0 spiro atoms. The van der Waals surface area contributed by atoms with Gasteiger partial charge in [-0.2, -0.15) is 0 Å². The number of rotatable bonds is 1. The maximum Gasteiger partial charge on any atom is 0.149 e. The minimum Gasteiger partial charge on any atom is -0.205 e. The van der Waals surface area contributed by atoms with Gasteiger partial charge in [0.05, 0.1) is 5.02 Å². The summed E-state index contributed by atoms with van der Waals surface area (Å²) in [5, 5.41) is 2.12. The molecule has 2 rings (SSSR count). The van der Waals surface area contributed by atoms with E-state index in [0.717, 1.165) is 10.4 Å². The molecule has 0 fully saturated rings. The normalized spacial score (nSPS) is 10.5. The molecule has 0 bridgehead atoms. The van der Waals surface area contributed by atoms with Gasteiger partial charge in [0.2, 0.25) is 0 Å². The molecular formula is C11H8ClFS. The van der Waals surface area contributed by atoms with Crippen molar-refractivity contribution in [1.82, 2.24) is 0 Å². The number of halogens is 2. The molecule has 0 amide bonds. The van der Waals surface area contributed by atoms with Crippen molar-refractivity contribution >= 4 is 22.9 Å². The molecule has 3 heteroatoms. The molecule has 1 aromatic carbocycles. The Morgan fingerprint density at radius 3 is 2.64 bits per heavy atom. The van der Waals surface area contributed by atoms with Crippen molar-refractivity contribution in [2.45, 2.75) is 6.92 Å². The van der Waals surface area contributed by atoms with Gasteiger partial charge in [0.15, 0.2) is 0 Å². The highest BCUT2D eigenvalue weighted by Crippen LogP contribution is 2.32. The Bertz CT molecular complexity index is 462. The Balaban J connectivity index is 2.63. The fourth-order valence-electron chi connectivity index (χ4n) is 1.38. The van der Waals surface area contributed by atoms with Gasteiger partial charge in [0.1, 0.15) is 5.82 Å². The topological polar surface area (TPSA) is 0 Å². The highest BCUT2D eigenvalue weighted by atomic mass is 35.5. The van der Waals surface area contributed by atoms with E-state index in [-0.39, 0.29) is 10.8 Å². The minimum absolute atomic E-state index is 0.174. The molecule has 0 nitrogen and oxygen atoms in total. The maximum atomic E-state index is 13.6. The van der Waals surface area contributed by atoms with E-state index in [0.29, 0.717) is 5.56 Å². The van der Waals surface area contributed by atoms with Crippen LogP contribution in [0.25, 0.3) is 11.1 Å². The fourth-order valence-corrected chi connectivity index (χ4v) is 2.26. The van der Waals surface area contributed by atoms with E-state index in [9.17, 15) is 4.39 Å². The van der Waals surface area contributed by atoms with Gasteiger partial charge in [-0.15, -0.1) is 11.3 Å². The molecule has 0 atom stereocenters. The van der Waals surface area contributed by atoms with Crippen LogP contribution in [0.3, 0.4) is 0 Å². The quantitative estimate of drug-likeness (QED) is 0.671. The van der Waals surface area contributed by atoms with Gasteiger partial charge in [-0.3, -0.25) is 0 Å². The monoisotopic (exact) mass is 226 g/mol. The van der Waals surface area contributed by atoms with Crippen molar-refractivity contribution in [3.8, 4) is 11.1 Å². The lowest BCUT2D eigenvalue weighted by molar-refractivity contribution is 0.632. The number of benzene rings is 1. The van der Waals surface area contributed by atoms with Crippen molar-refractivity contribution in [2.24, 2.45) is 0 Å². The molecule has 0 saturated carbocycles. The van der Waals surface area contributed by atoms with Crippen LogP contribution in [0.1, 0.15) is 4.88 Å². The standard InChI is InChI=1S/C11H8ClFS/c1-7-8(5-6-14-7)9-3-2-4-10(12)11(9)13/h2-6H,1H3. The summed E-state index contributed by atoms with van der Waals surface area (Å²) < 4.78 is 13.6. The summed E-state index contributed by atoms with van der Waals surface area (Å²) in [6, 6.07) is 6.98. The van der Waals surface area contributed by atoms with Gasteiger partial charge in [-0.1, -0.05) is 23.7 Å². The Morgan fingerprint density at radius 1 is 1.21 bits per heavy atom. The van der Waals surface area contributed by atoms with Crippen molar-refractivity contribution in [3.63, 3.8) is 0 Å². The number of hydrogen-bond acceptors (Lipinski definition) is 1. The first-order valence-corrected chi connectivity index (χ1v) is 5.44. The van der Waals surface area contributed by atoms with Crippen LogP contribution >= 0.6 is 22.9 Å². The fraction of sp³-hybridized carbons (Fsp3) is 0.0909. The largest absolute Gasteiger partial charge is 0.205 e. The predicted molar refractivity (Wildman–Crippen MR) is 59.5 cm³/mol. The third-order valence-corrected chi connectivity index (χ3v) is 3.24.